The van der Waals surface area contributed by atoms with Crippen LogP contribution < -0.4 is 10.1 Å². The lowest BCUT2D eigenvalue weighted by atomic mass is 10.2. The van der Waals surface area contributed by atoms with E-state index in [1.165, 1.54) is 44.8 Å². The summed E-state index contributed by atoms with van der Waals surface area (Å²) in [5, 5.41) is 3.54. The van der Waals surface area contributed by atoms with Crippen molar-refractivity contribution in [2.45, 2.75) is 59.1 Å². The fraction of sp³-hybridized carbons (Fsp3) is 0.520. The summed E-state index contributed by atoms with van der Waals surface area (Å²) in [6, 6.07) is 14.8. The van der Waals surface area contributed by atoms with Gasteiger partial charge in [0.1, 0.15) is 18.2 Å². The maximum absolute atomic E-state index is 13.8. The summed E-state index contributed by atoms with van der Waals surface area (Å²) in [6.45, 7) is 10.1. The van der Waals surface area contributed by atoms with Gasteiger partial charge in [0.2, 0.25) is 0 Å². The largest absolute Gasteiger partial charge is 0.488 e. The molecule has 3 nitrogen and oxygen atoms in total. The van der Waals surface area contributed by atoms with Crippen LogP contribution in [-0.4, -0.2) is 31.1 Å². The van der Waals surface area contributed by atoms with Gasteiger partial charge in [-0.2, -0.15) is 0 Å². The first kappa shape index (κ1) is 23.4. The number of ether oxygens (including phenoxy) is 1. The van der Waals surface area contributed by atoms with Crippen molar-refractivity contribution in [1.82, 2.24) is 10.2 Å². The van der Waals surface area contributed by atoms with Crippen LogP contribution in [0, 0.1) is 5.82 Å². The third-order valence-corrected chi connectivity index (χ3v) is 5.11. The van der Waals surface area contributed by atoms with Crippen molar-refractivity contribution in [3.63, 3.8) is 0 Å². The quantitative estimate of drug-likeness (QED) is 0.383. The Bertz CT molecular complexity index is 684. The van der Waals surface area contributed by atoms with E-state index >= 15 is 0 Å². The van der Waals surface area contributed by atoms with Crippen LogP contribution in [0.2, 0.25) is 0 Å². The number of nitrogens with one attached hydrogen (secondary N) is 1. The molecule has 0 atom stereocenters. The van der Waals surface area contributed by atoms with Gasteiger partial charge in [-0.25, -0.2) is 4.39 Å². The van der Waals surface area contributed by atoms with Crippen molar-refractivity contribution in [2.24, 2.45) is 0 Å². The van der Waals surface area contributed by atoms with Crippen molar-refractivity contribution >= 4 is 0 Å². The summed E-state index contributed by atoms with van der Waals surface area (Å²) in [5.41, 5.74) is 1.69. The maximum atomic E-state index is 13.8. The molecule has 0 fully saturated rings. The number of hydrogen-bond donors (Lipinski definition) is 1. The maximum Gasteiger partial charge on any atom is 0.129 e. The highest BCUT2D eigenvalue weighted by atomic mass is 19.1. The number of hydrogen-bond acceptors (Lipinski definition) is 3. The molecular weight excluding hydrogens is 363 g/mol. The molecule has 0 saturated carbocycles. The van der Waals surface area contributed by atoms with E-state index in [1.807, 2.05) is 24.3 Å². The number of nitrogens with zero attached hydrogens (tertiary/aromatic N) is 1. The van der Waals surface area contributed by atoms with E-state index in [0.717, 1.165) is 37.4 Å². The summed E-state index contributed by atoms with van der Waals surface area (Å²) >= 11 is 0. The second-order valence-electron chi connectivity index (χ2n) is 7.57. The topological polar surface area (TPSA) is 24.5 Å². The Balaban J connectivity index is 1.75. The first-order valence-corrected chi connectivity index (χ1v) is 11.1. The molecule has 0 radical (unpaired) electrons. The van der Waals surface area contributed by atoms with Crippen LogP contribution in [0.5, 0.6) is 5.75 Å². The van der Waals surface area contributed by atoms with E-state index in [0.29, 0.717) is 5.56 Å². The van der Waals surface area contributed by atoms with Gasteiger partial charge < -0.3 is 15.0 Å². The molecule has 0 heterocycles. The van der Waals surface area contributed by atoms with Crippen molar-refractivity contribution in [1.29, 1.82) is 0 Å². The van der Waals surface area contributed by atoms with Gasteiger partial charge >= 0.3 is 0 Å². The summed E-state index contributed by atoms with van der Waals surface area (Å²) in [5.74, 6) is 0.592. The van der Waals surface area contributed by atoms with E-state index in [2.05, 4.69) is 30.1 Å². The van der Waals surface area contributed by atoms with Crippen LogP contribution in [0.4, 0.5) is 4.39 Å². The molecule has 4 heteroatoms. The number of benzene rings is 2. The minimum absolute atomic E-state index is 0.223. The van der Waals surface area contributed by atoms with Gasteiger partial charge in [-0.3, -0.25) is 0 Å². The van der Waals surface area contributed by atoms with Gasteiger partial charge in [-0.15, -0.1) is 0 Å². The fourth-order valence-electron chi connectivity index (χ4n) is 3.31. The Hall–Kier alpha value is -1.91. The lowest BCUT2D eigenvalue weighted by Gasteiger charge is -2.22. The monoisotopic (exact) mass is 400 g/mol. The molecule has 1 N–H and O–H groups in total. The minimum atomic E-state index is -0.223. The summed E-state index contributed by atoms with van der Waals surface area (Å²) in [7, 11) is 0. The SMILES string of the molecule is CCCCN(CCCC)CCCNCc1ccccc1OCc1ccccc1F. The number of rotatable bonds is 15. The molecular formula is C25H37FN2O. The number of para-hydroxylation sites is 1. The molecule has 0 saturated heterocycles. The molecule has 0 amide bonds. The Labute approximate surface area is 176 Å². The van der Waals surface area contributed by atoms with Gasteiger partial charge in [0.15, 0.2) is 0 Å². The Morgan fingerprint density at radius 3 is 2.14 bits per heavy atom. The van der Waals surface area contributed by atoms with Crippen molar-refractivity contribution in [3.8, 4) is 5.75 Å². The Morgan fingerprint density at radius 1 is 0.828 bits per heavy atom. The molecule has 160 valence electrons. The predicted molar refractivity (Wildman–Crippen MR) is 120 cm³/mol. The highest BCUT2D eigenvalue weighted by molar-refractivity contribution is 5.33. The summed E-state index contributed by atoms with van der Waals surface area (Å²) in [6.07, 6.45) is 6.22. The second kappa shape index (κ2) is 14.1. The van der Waals surface area contributed by atoms with Crippen LogP contribution in [0.15, 0.2) is 48.5 Å². The van der Waals surface area contributed by atoms with Gasteiger partial charge in [-0.1, -0.05) is 63.1 Å². The van der Waals surface area contributed by atoms with Gasteiger partial charge in [-0.05, 0) is 57.6 Å². The van der Waals surface area contributed by atoms with Gasteiger partial charge in [0.25, 0.3) is 0 Å². The average molecular weight is 401 g/mol. The lowest BCUT2D eigenvalue weighted by Crippen LogP contribution is -2.29. The van der Waals surface area contributed by atoms with Crippen LogP contribution in [-0.2, 0) is 13.2 Å². The van der Waals surface area contributed by atoms with Crippen molar-refractivity contribution in [2.75, 3.05) is 26.2 Å². The first-order chi connectivity index (χ1) is 14.2. The first-order valence-electron chi connectivity index (χ1n) is 11.1. The zero-order valence-electron chi connectivity index (χ0n) is 18.1. The van der Waals surface area contributed by atoms with Crippen LogP contribution in [0.25, 0.3) is 0 Å². The predicted octanol–water partition coefficient (Wildman–Crippen LogP) is 5.79. The zero-order chi connectivity index (χ0) is 20.7. The molecule has 0 aliphatic carbocycles. The highest BCUT2D eigenvalue weighted by Crippen LogP contribution is 2.20. The molecule has 29 heavy (non-hydrogen) atoms. The third-order valence-electron chi connectivity index (χ3n) is 5.11. The summed E-state index contributed by atoms with van der Waals surface area (Å²) < 4.78 is 19.7. The van der Waals surface area contributed by atoms with E-state index < -0.39 is 0 Å². The van der Waals surface area contributed by atoms with Gasteiger partial charge in [0.05, 0.1) is 0 Å². The molecule has 0 bridgehead atoms. The number of halogens is 1. The van der Waals surface area contributed by atoms with E-state index in [1.54, 1.807) is 12.1 Å². The Kier molecular flexibility index (Phi) is 11.4. The molecule has 0 spiro atoms. The van der Waals surface area contributed by atoms with Crippen LogP contribution in [0.1, 0.15) is 57.1 Å². The molecule has 2 aromatic rings. The van der Waals surface area contributed by atoms with Crippen molar-refractivity contribution in [3.05, 3.63) is 65.5 Å². The van der Waals surface area contributed by atoms with E-state index in [9.17, 15) is 4.39 Å². The molecule has 0 aliphatic rings. The molecule has 0 unspecified atom stereocenters. The summed E-state index contributed by atoms with van der Waals surface area (Å²) in [4.78, 5) is 2.60. The molecule has 2 aromatic carbocycles. The van der Waals surface area contributed by atoms with Crippen LogP contribution in [0.3, 0.4) is 0 Å². The van der Waals surface area contributed by atoms with E-state index in [4.69, 9.17) is 4.74 Å². The second-order valence-corrected chi connectivity index (χ2v) is 7.57. The highest BCUT2D eigenvalue weighted by Gasteiger charge is 2.07. The molecule has 2 rings (SSSR count). The number of unbranched alkanes of at least 4 members (excludes halogenated alkanes) is 2. The van der Waals surface area contributed by atoms with E-state index in [-0.39, 0.29) is 12.4 Å². The third kappa shape index (κ3) is 8.97. The minimum Gasteiger partial charge on any atom is -0.488 e. The standard InChI is InChI=1S/C25H37FN2O/c1-3-5-17-28(18-6-4-2)19-11-16-27-20-22-12-8-10-15-25(22)29-21-23-13-7-9-14-24(23)26/h7-10,12-15,27H,3-6,11,16-21H2,1-2H3. The average Bonchev–Trinajstić information content (AvgIpc) is 2.75. The normalized spacial score (nSPS) is 11.2. The molecule has 0 aromatic heterocycles. The van der Waals surface area contributed by atoms with Crippen LogP contribution >= 0.6 is 0 Å². The zero-order valence-corrected chi connectivity index (χ0v) is 18.1. The Morgan fingerprint density at radius 2 is 1.45 bits per heavy atom. The van der Waals surface area contributed by atoms with Crippen molar-refractivity contribution < 1.29 is 9.13 Å². The fourth-order valence-corrected chi connectivity index (χ4v) is 3.31. The lowest BCUT2D eigenvalue weighted by molar-refractivity contribution is 0.260. The molecule has 0 aliphatic heterocycles. The van der Waals surface area contributed by atoms with Gasteiger partial charge in [0, 0.05) is 17.7 Å². The smallest absolute Gasteiger partial charge is 0.129 e.